The van der Waals surface area contributed by atoms with Crippen LogP contribution in [0, 0.1) is 5.92 Å². The summed E-state index contributed by atoms with van der Waals surface area (Å²) >= 11 is 0. The van der Waals surface area contributed by atoms with Crippen molar-refractivity contribution in [3.05, 3.63) is 42.2 Å². The van der Waals surface area contributed by atoms with Gasteiger partial charge in [0.15, 0.2) is 0 Å². The molecule has 0 aromatic carbocycles. The monoisotopic (exact) mass is 301 g/mol. The zero-order chi connectivity index (χ0) is 15.5. The largest absolute Gasteiger partial charge is 0.367 e. The molecule has 1 amide bonds. The van der Waals surface area contributed by atoms with Crippen molar-refractivity contribution in [2.45, 2.75) is 25.4 Å². The average Bonchev–Trinajstić information content (AvgIpc) is 3.15. The molecule has 0 radical (unpaired) electrons. The molecule has 2 aromatic rings. The van der Waals surface area contributed by atoms with Crippen molar-refractivity contribution in [2.24, 2.45) is 13.0 Å². The maximum atomic E-state index is 12.1. The third-order valence-corrected chi connectivity index (χ3v) is 4.51. The fourth-order valence-electron chi connectivity index (χ4n) is 3.24. The van der Waals surface area contributed by atoms with Gasteiger partial charge in [-0.1, -0.05) is 0 Å². The van der Waals surface area contributed by atoms with E-state index in [4.69, 9.17) is 0 Å². The first-order valence-corrected chi connectivity index (χ1v) is 7.72. The van der Waals surface area contributed by atoms with Crippen LogP contribution in [-0.2, 0) is 18.4 Å². The van der Waals surface area contributed by atoms with E-state index in [0.29, 0.717) is 12.3 Å². The van der Waals surface area contributed by atoms with Gasteiger partial charge in [-0.3, -0.25) is 4.79 Å². The van der Waals surface area contributed by atoms with Crippen LogP contribution in [0.5, 0.6) is 0 Å². The Morgan fingerprint density at radius 3 is 3.00 bits per heavy atom. The third-order valence-electron chi connectivity index (χ3n) is 4.51. The van der Waals surface area contributed by atoms with Crippen LogP contribution in [-0.4, -0.2) is 38.9 Å². The van der Waals surface area contributed by atoms with E-state index < -0.39 is 0 Å². The van der Waals surface area contributed by atoms with E-state index in [9.17, 15) is 4.79 Å². The molecule has 6 heteroatoms. The Hall–Kier alpha value is -2.08. The van der Waals surface area contributed by atoms with Gasteiger partial charge in [-0.05, 0) is 24.0 Å². The number of hydrogen-bond acceptors (Lipinski definition) is 3. The molecule has 3 rings (SSSR count). The number of piperidine rings is 1. The predicted octanol–water partition coefficient (Wildman–Crippen LogP) is 1.45. The molecule has 118 valence electrons. The number of aromatic nitrogens is 3. The Labute approximate surface area is 130 Å². The van der Waals surface area contributed by atoms with Crippen LogP contribution in [0.1, 0.15) is 30.3 Å². The van der Waals surface area contributed by atoms with E-state index in [1.807, 2.05) is 42.2 Å². The van der Waals surface area contributed by atoms with Crippen molar-refractivity contribution in [1.82, 2.24) is 24.8 Å². The first kappa shape index (κ1) is 14.8. The minimum Gasteiger partial charge on any atom is -0.367 e. The minimum absolute atomic E-state index is 0.0416. The highest BCUT2D eigenvalue weighted by Gasteiger charge is 2.36. The second-order valence-corrected chi connectivity index (χ2v) is 5.99. The molecule has 6 nitrogen and oxygen atoms in total. The summed E-state index contributed by atoms with van der Waals surface area (Å²) < 4.78 is 2.01. The summed E-state index contributed by atoms with van der Waals surface area (Å²) in [6.07, 6.45) is 9.19. The van der Waals surface area contributed by atoms with E-state index in [0.717, 1.165) is 25.3 Å². The zero-order valence-electron chi connectivity index (χ0n) is 13.1. The fourth-order valence-corrected chi connectivity index (χ4v) is 3.24. The molecule has 2 aromatic heterocycles. The number of nitrogens with one attached hydrogen (secondary N) is 2. The van der Waals surface area contributed by atoms with Crippen molar-refractivity contribution in [2.75, 3.05) is 13.6 Å². The molecule has 0 spiro atoms. The third kappa shape index (κ3) is 2.92. The summed E-state index contributed by atoms with van der Waals surface area (Å²) in [6.45, 7) is 1.71. The highest BCUT2D eigenvalue weighted by molar-refractivity contribution is 5.77. The second kappa shape index (κ2) is 6.36. The Morgan fingerprint density at radius 2 is 2.32 bits per heavy atom. The summed E-state index contributed by atoms with van der Waals surface area (Å²) in [5.41, 5.74) is 1.24. The highest BCUT2D eigenvalue weighted by atomic mass is 16.2. The lowest BCUT2D eigenvalue weighted by Gasteiger charge is -2.38. The number of nitrogens with zero attached hydrogens (tertiary/aromatic N) is 3. The number of H-pyrrole nitrogens is 1. The van der Waals surface area contributed by atoms with Gasteiger partial charge in [0.25, 0.3) is 0 Å². The lowest BCUT2D eigenvalue weighted by molar-refractivity contribution is -0.137. The number of aryl methyl sites for hydroxylation is 1. The molecule has 3 heterocycles. The van der Waals surface area contributed by atoms with Crippen molar-refractivity contribution >= 4 is 5.91 Å². The van der Waals surface area contributed by atoms with Crippen LogP contribution < -0.4 is 5.32 Å². The van der Waals surface area contributed by atoms with Crippen molar-refractivity contribution < 1.29 is 4.79 Å². The standard InChI is InChI=1S/C16H23N5O/c1-20-8-7-19-16(20)15-13(3-4-14(22)21(15)2)11-18-10-12-5-6-17-9-12/h5-9,13,15,17-18H,3-4,10-11H2,1-2H3/t13-,15+/m1/s1. The number of rotatable bonds is 5. The van der Waals surface area contributed by atoms with Crippen LogP contribution in [0.3, 0.4) is 0 Å². The van der Waals surface area contributed by atoms with Gasteiger partial charge in [0, 0.05) is 58.4 Å². The maximum Gasteiger partial charge on any atom is 0.222 e. The lowest BCUT2D eigenvalue weighted by atomic mass is 9.88. The Kier molecular flexibility index (Phi) is 4.29. The summed E-state index contributed by atoms with van der Waals surface area (Å²) in [5.74, 6) is 1.54. The van der Waals surface area contributed by atoms with Crippen molar-refractivity contribution in [3.63, 3.8) is 0 Å². The van der Waals surface area contributed by atoms with E-state index in [2.05, 4.69) is 21.4 Å². The van der Waals surface area contributed by atoms with Crippen LogP contribution in [0.2, 0.25) is 0 Å². The Morgan fingerprint density at radius 1 is 1.45 bits per heavy atom. The summed E-state index contributed by atoms with van der Waals surface area (Å²) in [5, 5.41) is 3.51. The minimum atomic E-state index is 0.0416. The molecular formula is C16H23N5O. The molecular weight excluding hydrogens is 278 g/mol. The Balaban J connectivity index is 1.70. The fraction of sp³-hybridized carbons (Fsp3) is 0.500. The molecule has 1 aliphatic rings. The topological polar surface area (TPSA) is 66.0 Å². The van der Waals surface area contributed by atoms with E-state index in [-0.39, 0.29) is 11.9 Å². The van der Waals surface area contributed by atoms with Gasteiger partial charge in [0.05, 0.1) is 6.04 Å². The van der Waals surface area contributed by atoms with Gasteiger partial charge in [0.2, 0.25) is 5.91 Å². The number of hydrogen-bond donors (Lipinski definition) is 2. The summed E-state index contributed by atoms with van der Waals surface area (Å²) in [6, 6.07) is 2.11. The molecule has 1 fully saturated rings. The van der Waals surface area contributed by atoms with E-state index >= 15 is 0 Å². The molecule has 0 aliphatic carbocycles. The van der Waals surface area contributed by atoms with Gasteiger partial charge < -0.3 is 19.8 Å². The van der Waals surface area contributed by atoms with Crippen LogP contribution in [0.25, 0.3) is 0 Å². The zero-order valence-corrected chi connectivity index (χ0v) is 13.1. The van der Waals surface area contributed by atoms with Crippen LogP contribution in [0.15, 0.2) is 30.9 Å². The maximum absolute atomic E-state index is 12.1. The quantitative estimate of drug-likeness (QED) is 0.878. The molecule has 0 unspecified atom stereocenters. The summed E-state index contributed by atoms with van der Waals surface area (Å²) in [4.78, 5) is 21.5. The van der Waals surface area contributed by atoms with Crippen LogP contribution >= 0.6 is 0 Å². The number of aromatic amines is 1. The van der Waals surface area contributed by atoms with Gasteiger partial charge in [-0.2, -0.15) is 0 Å². The van der Waals surface area contributed by atoms with Gasteiger partial charge >= 0.3 is 0 Å². The van der Waals surface area contributed by atoms with Gasteiger partial charge in [0.1, 0.15) is 5.82 Å². The number of amides is 1. The van der Waals surface area contributed by atoms with Crippen LogP contribution in [0.4, 0.5) is 0 Å². The SMILES string of the molecule is CN1C(=O)CC[C@H](CNCc2cc[nH]c2)[C@H]1c1nccn1C. The van der Waals surface area contributed by atoms with Crippen molar-refractivity contribution in [3.8, 4) is 0 Å². The average molecular weight is 301 g/mol. The van der Waals surface area contributed by atoms with Crippen molar-refractivity contribution in [1.29, 1.82) is 0 Å². The summed E-state index contributed by atoms with van der Waals surface area (Å²) in [7, 11) is 3.87. The van der Waals surface area contributed by atoms with E-state index in [1.54, 1.807) is 6.20 Å². The predicted molar refractivity (Wildman–Crippen MR) is 83.9 cm³/mol. The molecule has 1 saturated heterocycles. The molecule has 2 atom stereocenters. The molecule has 2 N–H and O–H groups in total. The number of imidazole rings is 1. The highest BCUT2D eigenvalue weighted by Crippen LogP contribution is 2.34. The van der Waals surface area contributed by atoms with Gasteiger partial charge in [-0.25, -0.2) is 4.98 Å². The molecule has 0 bridgehead atoms. The number of carbonyl (C=O) groups excluding carboxylic acids is 1. The smallest absolute Gasteiger partial charge is 0.222 e. The first-order chi connectivity index (χ1) is 10.7. The van der Waals surface area contributed by atoms with E-state index in [1.165, 1.54) is 5.56 Å². The first-order valence-electron chi connectivity index (χ1n) is 7.72. The molecule has 22 heavy (non-hydrogen) atoms. The molecule has 0 saturated carbocycles. The Bertz CT molecular complexity index is 618. The number of carbonyl (C=O) groups is 1. The van der Waals surface area contributed by atoms with Gasteiger partial charge in [-0.15, -0.1) is 0 Å². The lowest BCUT2D eigenvalue weighted by Crippen LogP contribution is -2.44. The number of likely N-dealkylation sites (tertiary alicyclic amines) is 1. The molecule has 1 aliphatic heterocycles. The second-order valence-electron chi connectivity index (χ2n) is 5.99. The normalized spacial score (nSPS) is 22.3.